The number of rotatable bonds is 5. The van der Waals surface area contributed by atoms with Crippen LogP contribution < -0.4 is 5.32 Å². The molecule has 1 aromatic carbocycles. The number of nitrogens with zero attached hydrogens (tertiary/aromatic N) is 3. The Kier molecular flexibility index (Phi) is 5.00. The summed E-state index contributed by atoms with van der Waals surface area (Å²) in [5.41, 5.74) is 0.885. The van der Waals surface area contributed by atoms with Gasteiger partial charge in [0.05, 0.1) is 6.26 Å². The van der Waals surface area contributed by atoms with Crippen LogP contribution in [-0.2, 0) is 6.54 Å². The number of aromatic nitrogens is 3. The van der Waals surface area contributed by atoms with E-state index in [1.807, 2.05) is 0 Å². The van der Waals surface area contributed by atoms with Crippen molar-refractivity contribution in [1.29, 1.82) is 0 Å². The highest BCUT2D eigenvalue weighted by molar-refractivity contribution is 5.83. The Bertz CT molecular complexity index is 897. The zero-order chi connectivity index (χ0) is 18.6. The zero-order valence-electron chi connectivity index (χ0n) is 14.9. The van der Waals surface area contributed by atoms with Crippen LogP contribution in [-0.4, -0.2) is 20.7 Å². The normalized spacial score (nSPS) is 15.0. The quantitative estimate of drug-likeness (QED) is 0.717. The average molecular weight is 368 g/mol. The van der Waals surface area contributed by atoms with E-state index >= 15 is 0 Å². The van der Waals surface area contributed by atoms with Crippen molar-refractivity contribution in [2.75, 3.05) is 5.32 Å². The van der Waals surface area contributed by atoms with Gasteiger partial charge in [-0.1, -0.05) is 31.4 Å². The predicted molar refractivity (Wildman–Crippen MR) is 98.7 cm³/mol. The summed E-state index contributed by atoms with van der Waals surface area (Å²) in [6, 6.07) is 9.71. The molecule has 0 radical (unpaired) electrons. The number of nitrogens with one attached hydrogen (secondary N) is 1. The monoisotopic (exact) mass is 368 g/mol. The van der Waals surface area contributed by atoms with E-state index in [1.165, 1.54) is 23.2 Å². The van der Waals surface area contributed by atoms with Gasteiger partial charge >= 0.3 is 0 Å². The van der Waals surface area contributed by atoms with Gasteiger partial charge in [0, 0.05) is 12.5 Å². The van der Waals surface area contributed by atoms with Crippen LogP contribution in [0, 0.1) is 11.7 Å². The maximum Gasteiger partial charge on any atom is 0.253 e. The molecule has 2 heterocycles. The van der Waals surface area contributed by atoms with Crippen LogP contribution in [0.25, 0.3) is 11.6 Å². The third kappa shape index (κ3) is 3.92. The van der Waals surface area contributed by atoms with Crippen molar-refractivity contribution in [3.05, 3.63) is 54.0 Å². The van der Waals surface area contributed by atoms with Gasteiger partial charge in [-0.3, -0.25) is 4.79 Å². The molecule has 27 heavy (non-hydrogen) atoms. The molecule has 0 saturated heterocycles. The van der Waals surface area contributed by atoms with Crippen LogP contribution in [0.4, 0.5) is 10.3 Å². The minimum absolute atomic E-state index is 0.0312. The topological polar surface area (TPSA) is 73.0 Å². The molecule has 3 aromatic rings. The number of carbonyl (C=O) groups excluding carboxylic acids is 1. The standard InChI is InChI=1S/C20H21FN4O2/c21-16-10-8-14(9-11-16)13-22-20-23-18(17-7-4-12-27-17)24-25(20)19(26)15-5-2-1-3-6-15/h4,7-12,15H,1-3,5-6,13H2,(H,22,23,24). The largest absolute Gasteiger partial charge is 0.461 e. The van der Waals surface area contributed by atoms with Crippen molar-refractivity contribution >= 4 is 11.9 Å². The third-order valence-corrected chi connectivity index (χ3v) is 4.88. The summed E-state index contributed by atoms with van der Waals surface area (Å²) in [5, 5.41) is 7.55. The molecule has 1 aliphatic rings. The molecule has 0 bridgehead atoms. The molecule has 7 heteroatoms. The van der Waals surface area contributed by atoms with Gasteiger partial charge in [0.25, 0.3) is 5.91 Å². The molecule has 6 nitrogen and oxygen atoms in total. The molecule has 4 rings (SSSR count). The van der Waals surface area contributed by atoms with Crippen molar-refractivity contribution < 1.29 is 13.6 Å². The predicted octanol–water partition coefficient (Wildman–Crippen LogP) is 4.51. The summed E-state index contributed by atoms with van der Waals surface area (Å²) in [7, 11) is 0. The number of carbonyl (C=O) groups is 1. The Morgan fingerprint density at radius 3 is 2.67 bits per heavy atom. The van der Waals surface area contributed by atoms with Gasteiger partial charge in [-0.2, -0.15) is 9.67 Å². The minimum Gasteiger partial charge on any atom is -0.461 e. The fourth-order valence-corrected chi connectivity index (χ4v) is 3.40. The third-order valence-electron chi connectivity index (χ3n) is 4.88. The first-order valence-corrected chi connectivity index (χ1v) is 9.24. The van der Waals surface area contributed by atoms with Crippen LogP contribution in [0.2, 0.25) is 0 Å². The van der Waals surface area contributed by atoms with Crippen LogP contribution >= 0.6 is 0 Å². The molecule has 1 fully saturated rings. The SMILES string of the molecule is O=C(C1CCCCC1)n1nc(-c2ccco2)nc1NCc1ccc(F)cc1. The number of hydrogen-bond donors (Lipinski definition) is 1. The molecular weight excluding hydrogens is 347 g/mol. The van der Waals surface area contributed by atoms with Gasteiger partial charge in [-0.05, 0) is 42.7 Å². The minimum atomic E-state index is -0.283. The van der Waals surface area contributed by atoms with Crippen LogP contribution in [0.3, 0.4) is 0 Å². The lowest BCUT2D eigenvalue weighted by molar-refractivity contribution is 0.0787. The molecule has 0 atom stereocenters. The first-order valence-electron chi connectivity index (χ1n) is 9.24. The Labute approximate surface area is 156 Å². The number of benzene rings is 1. The summed E-state index contributed by atoms with van der Waals surface area (Å²) < 4.78 is 19.8. The number of furan rings is 1. The van der Waals surface area contributed by atoms with E-state index in [1.54, 1.807) is 30.5 Å². The van der Waals surface area contributed by atoms with Gasteiger partial charge < -0.3 is 9.73 Å². The molecule has 0 unspecified atom stereocenters. The molecule has 0 aliphatic heterocycles. The summed E-state index contributed by atoms with van der Waals surface area (Å²) in [4.78, 5) is 17.5. The summed E-state index contributed by atoms with van der Waals surface area (Å²) in [6.07, 6.45) is 6.61. The Hall–Kier alpha value is -2.96. The number of hydrogen-bond acceptors (Lipinski definition) is 5. The van der Waals surface area contributed by atoms with Gasteiger partial charge in [0.2, 0.25) is 11.8 Å². The van der Waals surface area contributed by atoms with E-state index in [-0.39, 0.29) is 17.6 Å². The molecule has 2 aromatic heterocycles. The average Bonchev–Trinajstić information content (AvgIpc) is 3.37. The molecule has 1 aliphatic carbocycles. The smallest absolute Gasteiger partial charge is 0.253 e. The molecule has 1 N–H and O–H groups in total. The molecule has 1 saturated carbocycles. The van der Waals surface area contributed by atoms with Gasteiger partial charge in [-0.25, -0.2) is 4.39 Å². The molecule has 0 amide bonds. The van der Waals surface area contributed by atoms with E-state index in [0.29, 0.717) is 24.1 Å². The van der Waals surface area contributed by atoms with E-state index in [0.717, 1.165) is 31.2 Å². The fraction of sp³-hybridized carbons (Fsp3) is 0.350. The lowest BCUT2D eigenvalue weighted by atomic mass is 9.89. The van der Waals surface area contributed by atoms with Crippen molar-refractivity contribution in [2.24, 2.45) is 5.92 Å². The Morgan fingerprint density at radius 2 is 1.96 bits per heavy atom. The first kappa shape index (κ1) is 17.5. The first-order chi connectivity index (χ1) is 13.2. The van der Waals surface area contributed by atoms with E-state index < -0.39 is 0 Å². The van der Waals surface area contributed by atoms with E-state index in [9.17, 15) is 9.18 Å². The summed E-state index contributed by atoms with van der Waals surface area (Å²) in [6.45, 7) is 0.411. The van der Waals surface area contributed by atoms with Crippen LogP contribution in [0.15, 0.2) is 47.1 Å². The molecular formula is C20H21FN4O2. The second-order valence-corrected chi connectivity index (χ2v) is 6.80. The highest BCUT2D eigenvalue weighted by Crippen LogP contribution is 2.27. The van der Waals surface area contributed by atoms with Crippen LogP contribution in [0.5, 0.6) is 0 Å². The van der Waals surface area contributed by atoms with Crippen molar-refractivity contribution in [3.63, 3.8) is 0 Å². The highest BCUT2D eigenvalue weighted by atomic mass is 19.1. The zero-order valence-corrected chi connectivity index (χ0v) is 14.9. The molecule has 140 valence electrons. The highest BCUT2D eigenvalue weighted by Gasteiger charge is 2.27. The lowest BCUT2D eigenvalue weighted by Gasteiger charge is -2.20. The Balaban J connectivity index is 1.59. The van der Waals surface area contributed by atoms with E-state index in [2.05, 4.69) is 15.4 Å². The second kappa shape index (κ2) is 7.73. The van der Waals surface area contributed by atoms with Crippen molar-refractivity contribution in [2.45, 2.75) is 38.6 Å². The lowest BCUT2D eigenvalue weighted by Crippen LogP contribution is -2.26. The van der Waals surface area contributed by atoms with E-state index in [4.69, 9.17) is 4.42 Å². The summed E-state index contributed by atoms with van der Waals surface area (Å²) in [5.74, 6) is 0.898. The van der Waals surface area contributed by atoms with Crippen molar-refractivity contribution in [3.8, 4) is 11.6 Å². The maximum absolute atomic E-state index is 13.1. The number of anilines is 1. The molecule has 0 spiro atoms. The second-order valence-electron chi connectivity index (χ2n) is 6.80. The van der Waals surface area contributed by atoms with Crippen molar-refractivity contribution in [1.82, 2.24) is 14.8 Å². The van der Waals surface area contributed by atoms with Gasteiger partial charge in [0.1, 0.15) is 5.82 Å². The van der Waals surface area contributed by atoms with Gasteiger partial charge in [-0.15, -0.1) is 5.10 Å². The maximum atomic E-state index is 13.1. The van der Waals surface area contributed by atoms with Gasteiger partial charge in [0.15, 0.2) is 5.76 Å². The Morgan fingerprint density at radius 1 is 1.19 bits per heavy atom. The van der Waals surface area contributed by atoms with Crippen LogP contribution in [0.1, 0.15) is 42.5 Å². The number of halogens is 1. The fourth-order valence-electron chi connectivity index (χ4n) is 3.40. The summed E-state index contributed by atoms with van der Waals surface area (Å²) >= 11 is 0.